The van der Waals surface area contributed by atoms with E-state index in [0.29, 0.717) is 13.0 Å². The third-order valence-electron chi connectivity index (χ3n) is 4.36. The summed E-state index contributed by atoms with van der Waals surface area (Å²) in [6.07, 6.45) is 4.18. The van der Waals surface area contributed by atoms with Gasteiger partial charge in [0.15, 0.2) is 0 Å². The number of fused-ring (bicyclic) bond motifs is 4. The van der Waals surface area contributed by atoms with E-state index >= 15 is 0 Å². The molecule has 0 spiro atoms. The van der Waals surface area contributed by atoms with Gasteiger partial charge in [-0.25, -0.2) is 4.79 Å². The maximum Gasteiger partial charge on any atom is 0.411 e. The average molecular weight is 335 g/mol. The number of nitrogens with zero attached hydrogens (tertiary/aromatic N) is 3. The Kier molecular flexibility index (Phi) is 4.27. The molecule has 7 nitrogen and oxygen atoms in total. The smallest absolute Gasteiger partial charge is 0.411 e. The van der Waals surface area contributed by atoms with Crippen LogP contribution in [0.25, 0.3) is 0 Å². The van der Waals surface area contributed by atoms with Crippen molar-refractivity contribution in [1.29, 1.82) is 0 Å². The van der Waals surface area contributed by atoms with Crippen molar-refractivity contribution in [3.63, 3.8) is 0 Å². The summed E-state index contributed by atoms with van der Waals surface area (Å²) in [6.45, 7) is 7.87. The minimum Gasteiger partial charge on any atom is -0.465 e. The zero-order valence-electron chi connectivity index (χ0n) is 14.7. The summed E-state index contributed by atoms with van der Waals surface area (Å²) in [4.78, 5) is 26.1. The van der Waals surface area contributed by atoms with E-state index in [-0.39, 0.29) is 30.7 Å². The highest BCUT2D eigenvalue weighted by Gasteiger charge is 2.45. The van der Waals surface area contributed by atoms with Gasteiger partial charge in [-0.3, -0.25) is 14.4 Å². The second-order valence-electron chi connectivity index (χ2n) is 7.37. The molecule has 1 fully saturated rings. The maximum absolute atomic E-state index is 12.6. The molecule has 0 radical (unpaired) electrons. The molecule has 0 N–H and O–H groups in total. The molecule has 1 aromatic heterocycles. The third kappa shape index (κ3) is 3.25. The van der Waals surface area contributed by atoms with E-state index in [2.05, 4.69) is 5.10 Å². The molecule has 2 bridgehead atoms. The van der Waals surface area contributed by atoms with E-state index in [1.165, 1.54) is 0 Å². The van der Waals surface area contributed by atoms with E-state index < -0.39 is 5.60 Å². The monoisotopic (exact) mass is 335 g/mol. The minimum atomic E-state index is -0.509. The molecule has 132 valence electrons. The SMILES string of the molecule is CCOC(=O)Cn1cc2c(n1)CC1CCC2N1C(=O)OC(C)(C)C. The fourth-order valence-corrected chi connectivity index (χ4v) is 3.54. The largest absolute Gasteiger partial charge is 0.465 e. The standard InChI is InChI=1S/C17H25N3O4/c1-5-23-15(21)10-19-9-12-13(18-19)8-11-6-7-14(12)20(11)16(22)24-17(2,3)4/h9,11,14H,5-8,10H2,1-4H3. The Morgan fingerprint density at radius 3 is 2.75 bits per heavy atom. The number of hydrogen-bond acceptors (Lipinski definition) is 5. The number of ether oxygens (including phenoxy) is 2. The van der Waals surface area contributed by atoms with Crippen LogP contribution in [0.15, 0.2) is 6.20 Å². The minimum absolute atomic E-state index is 0.00968. The second kappa shape index (κ2) is 6.11. The van der Waals surface area contributed by atoms with Gasteiger partial charge in [0.2, 0.25) is 0 Å². The molecule has 0 aromatic carbocycles. The fourth-order valence-electron chi connectivity index (χ4n) is 3.54. The van der Waals surface area contributed by atoms with Crippen LogP contribution in [0.5, 0.6) is 0 Å². The molecule has 2 atom stereocenters. The van der Waals surface area contributed by atoms with Crippen molar-refractivity contribution < 1.29 is 19.1 Å². The van der Waals surface area contributed by atoms with E-state index in [4.69, 9.17) is 9.47 Å². The lowest BCUT2D eigenvalue weighted by Crippen LogP contribution is -2.44. The number of aromatic nitrogens is 2. The van der Waals surface area contributed by atoms with Gasteiger partial charge in [0.25, 0.3) is 0 Å². The normalized spacial score (nSPS) is 22.2. The molecular formula is C17H25N3O4. The van der Waals surface area contributed by atoms with Crippen molar-refractivity contribution >= 4 is 12.1 Å². The first-order chi connectivity index (χ1) is 11.3. The van der Waals surface area contributed by atoms with Crippen molar-refractivity contribution in [2.24, 2.45) is 0 Å². The van der Waals surface area contributed by atoms with Crippen LogP contribution in [-0.2, 0) is 27.2 Å². The zero-order valence-corrected chi connectivity index (χ0v) is 14.7. The molecule has 2 aliphatic rings. The summed E-state index contributed by atoms with van der Waals surface area (Å²) in [6, 6.07) is 0.118. The summed E-state index contributed by atoms with van der Waals surface area (Å²) >= 11 is 0. The number of esters is 1. The number of amides is 1. The molecule has 1 saturated heterocycles. The van der Waals surface area contributed by atoms with Crippen molar-refractivity contribution in [3.8, 4) is 0 Å². The number of carbonyl (C=O) groups excluding carboxylic acids is 2. The maximum atomic E-state index is 12.6. The Hall–Kier alpha value is -2.05. The van der Waals surface area contributed by atoms with Gasteiger partial charge in [-0.1, -0.05) is 0 Å². The fraction of sp³-hybridized carbons (Fsp3) is 0.706. The quantitative estimate of drug-likeness (QED) is 0.793. The van der Waals surface area contributed by atoms with Gasteiger partial charge in [0.05, 0.1) is 18.3 Å². The van der Waals surface area contributed by atoms with Crippen LogP contribution in [-0.4, -0.2) is 45.0 Å². The average Bonchev–Trinajstić information content (AvgIpc) is 2.99. The summed E-state index contributed by atoms with van der Waals surface area (Å²) < 4.78 is 12.2. The first-order valence-electron chi connectivity index (χ1n) is 8.51. The van der Waals surface area contributed by atoms with Crippen LogP contribution < -0.4 is 0 Å². The lowest BCUT2D eigenvalue weighted by Gasteiger charge is -2.35. The molecule has 1 aromatic rings. The molecule has 7 heteroatoms. The third-order valence-corrected chi connectivity index (χ3v) is 4.36. The Morgan fingerprint density at radius 2 is 2.08 bits per heavy atom. The number of carbonyl (C=O) groups is 2. The summed E-state index contributed by atoms with van der Waals surface area (Å²) in [7, 11) is 0. The van der Waals surface area contributed by atoms with Crippen LogP contribution in [0.2, 0.25) is 0 Å². The van der Waals surface area contributed by atoms with Crippen molar-refractivity contribution in [2.45, 2.75) is 71.2 Å². The lowest BCUT2D eigenvalue weighted by atomic mass is 10.0. The Balaban J connectivity index is 1.78. The molecular weight excluding hydrogens is 310 g/mol. The predicted octanol–water partition coefficient (Wildman–Crippen LogP) is 2.44. The van der Waals surface area contributed by atoms with Gasteiger partial charge in [-0.2, -0.15) is 5.10 Å². The van der Waals surface area contributed by atoms with Crippen LogP contribution in [0.3, 0.4) is 0 Å². The van der Waals surface area contributed by atoms with Crippen molar-refractivity contribution in [3.05, 3.63) is 17.5 Å². The Labute approximate surface area is 141 Å². The molecule has 1 amide bonds. The van der Waals surface area contributed by atoms with E-state index in [1.54, 1.807) is 11.6 Å². The first-order valence-corrected chi connectivity index (χ1v) is 8.51. The molecule has 2 unspecified atom stereocenters. The molecule has 3 rings (SSSR count). The van der Waals surface area contributed by atoms with Crippen LogP contribution >= 0.6 is 0 Å². The second-order valence-corrected chi connectivity index (χ2v) is 7.37. The van der Waals surface area contributed by atoms with Gasteiger partial charge in [0, 0.05) is 24.2 Å². The summed E-state index contributed by atoms with van der Waals surface area (Å²) in [5, 5.41) is 4.52. The highest BCUT2D eigenvalue weighted by Crippen LogP contribution is 2.43. The first kappa shape index (κ1) is 16.8. The summed E-state index contributed by atoms with van der Waals surface area (Å²) in [5.41, 5.74) is 1.50. The van der Waals surface area contributed by atoms with E-state index in [0.717, 1.165) is 24.1 Å². The van der Waals surface area contributed by atoms with Crippen LogP contribution in [0, 0.1) is 0 Å². The highest BCUT2D eigenvalue weighted by molar-refractivity contribution is 5.71. The molecule has 2 aliphatic heterocycles. The topological polar surface area (TPSA) is 73.7 Å². The molecule has 3 heterocycles. The van der Waals surface area contributed by atoms with Gasteiger partial charge < -0.3 is 9.47 Å². The highest BCUT2D eigenvalue weighted by atomic mass is 16.6. The van der Waals surface area contributed by atoms with Gasteiger partial charge in [-0.05, 0) is 40.5 Å². The Morgan fingerprint density at radius 1 is 1.33 bits per heavy atom. The molecule has 0 saturated carbocycles. The van der Waals surface area contributed by atoms with Gasteiger partial charge in [0.1, 0.15) is 12.1 Å². The Bertz CT molecular complexity index is 647. The van der Waals surface area contributed by atoms with Crippen LogP contribution in [0.4, 0.5) is 4.79 Å². The van der Waals surface area contributed by atoms with Gasteiger partial charge in [-0.15, -0.1) is 0 Å². The predicted molar refractivity (Wildman–Crippen MR) is 86.4 cm³/mol. The molecule has 0 aliphatic carbocycles. The number of rotatable bonds is 3. The van der Waals surface area contributed by atoms with Crippen LogP contribution in [0.1, 0.15) is 57.8 Å². The van der Waals surface area contributed by atoms with E-state index in [1.807, 2.05) is 31.9 Å². The van der Waals surface area contributed by atoms with Crippen molar-refractivity contribution in [1.82, 2.24) is 14.7 Å². The summed E-state index contributed by atoms with van der Waals surface area (Å²) in [5.74, 6) is -0.300. The number of hydrogen-bond donors (Lipinski definition) is 0. The zero-order chi connectivity index (χ0) is 17.5. The molecule has 24 heavy (non-hydrogen) atoms. The van der Waals surface area contributed by atoms with E-state index in [9.17, 15) is 9.59 Å². The van der Waals surface area contributed by atoms with Gasteiger partial charge >= 0.3 is 12.1 Å². The lowest BCUT2D eigenvalue weighted by molar-refractivity contribution is -0.144. The van der Waals surface area contributed by atoms with Crippen molar-refractivity contribution in [2.75, 3.05) is 6.61 Å².